The molecule has 0 bridgehead atoms. The average Bonchev–Trinajstić information content (AvgIpc) is 3.38. The summed E-state index contributed by atoms with van der Waals surface area (Å²) in [5, 5.41) is 4.31. The predicted octanol–water partition coefficient (Wildman–Crippen LogP) is 6.40. The normalized spacial score (nSPS) is 12.6. The number of halogens is 5. The highest BCUT2D eigenvalue weighted by molar-refractivity contribution is 7.19. The number of Topliss-reactive ketones (excluding diaryl/α,β-unsaturated/α-hetero) is 1. The third-order valence-corrected chi connectivity index (χ3v) is 6.87. The Hall–Kier alpha value is -3.24. The highest BCUT2D eigenvalue weighted by Gasteiger charge is 2.31. The predicted molar refractivity (Wildman–Crippen MR) is 130 cm³/mol. The van der Waals surface area contributed by atoms with Gasteiger partial charge < -0.3 is 0 Å². The molecule has 0 N–H and O–H groups in total. The van der Waals surface area contributed by atoms with E-state index in [2.05, 4.69) is 5.10 Å². The van der Waals surface area contributed by atoms with Crippen molar-refractivity contribution >= 4 is 28.7 Å². The van der Waals surface area contributed by atoms with E-state index in [4.69, 9.17) is 11.6 Å². The second-order valence-corrected chi connectivity index (χ2v) is 10.0. The van der Waals surface area contributed by atoms with Crippen molar-refractivity contribution in [3.63, 3.8) is 0 Å². The van der Waals surface area contributed by atoms with E-state index in [0.29, 0.717) is 14.8 Å². The zero-order valence-corrected chi connectivity index (χ0v) is 20.5. The fourth-order valence-electron chi connectivity index (χ4n) is 3.81. The van der Waals surface area contributed by atoms with Gasteiger partial charge in [-0.15, -0.1) is 16.4 Å². The minimum absolute atomic E-state index is 0.0892. The topological polar surface area (TPSA) is 56.9 Å². The zero-order chi connectivity index (χ0) is 26.0. The average molecular weight is 538 g/mol. The number of hydrogen-bond donors (Lipinski definition) is 0. The van der Waals surface area contributed by atoms with Gasteiger partial charge >= 0.3 is 11.9 Å². The molecular weight excluding hydrogens is 518 g/mol. The Morgan fingerprint density at radius 2 is 1.86 bits per heavy atom. The van der Waals surface area contributed by atoms with Crippen molar-refractivity contribution in [1.29, 1.82) is 0 Å². The minimum atomic E-state index is -4.49. The van der Waals surface area contributed by atoms with Crippen molar-refractivity contribution in [2.75, 3.05) is 0 Å². The van der Waals surface area contributed by atoms with Gasteiger partial charge in [0.25, 0.3) is 0 Å². The lowest BCUT2D eigenvalue weighted by atomic mass is 9.94. The van der Waals surface area contributed by atoms with E-state index >= 15 is 0 Å². The first kappa shape index (κ1) is 25.8. The van der Waals surface area contributed by atoms with Crippen LogP contribution in [0.1, 0.15) is 36.0 Å². The van der Waals surface area contributed by atoms with E-state index in [1.54, 1.807) is 31.2 Å². The van der Waals surface area contributed by atoms with Gasteiger partial charge in [0, 0.05) is 12.0 Å². The van der Waals surface area contributed by atoms with E-state index < -0.39 is 29.2 Å². The summed E-state index contributed by atoms with van der Waals surface area (Å²) in [5.41, 5.74) is -0.767. The number of carbonyl (C=O) groups excluding carboxylic acids is 1. The molecule has 36 heavy (non-hydrogen) atoms. The molecule has 5 nitrogen and oxygen atoms in total. The Balaban J connectivity index is 1.59. The van der Waals surface area contributed by atoms with Crippen LogP contribution in [0.4, 0.5) is 17.6 Å². The third-order valence-electron chi connectivity index (χ3n) is 5.65. The van der Waals surface area contributed by atoms with Gasteiger partial charge in [-0.05, 0) is 35.7 Å². The van der Waals surface area contributed by atoms with Crippen molar-refractivity contribution in [2.24, 2.45) is 0 Å². The lowest BCUT2D eigenvalue weighted by Crippen LogP contribution is -2.28. The standard InChI is InChI=1S/C25H20ClF4N3O2S/c1-15(16-6-4-7-18(12-16)25(28,29)30)11-19(34)14-33-24(35)32(13-17-5-2-3-8-20(17)27)23(31-33)21-9-10-22(26)36-21/h2-10,12,15H,11,13-14H2,1H3. The van der Waals surface area contributed by atoms with E-state index in [9.17, 15) is 27.2 Å². The zero-order valence-electron chi connectivity index (χ0n) is 18.9. The van der Waals surface area contributed by atoms with Crippen LogP contribution < -0.4 is 5.69 Å². The SMILES string of the molecule is CC(CC(=O)Cn1nc(-c2ccc(Cl)s2)n(Cc2ccccc2F)c1=O)c1cccc(C(F)(F)F)c1. The number of hydrogen-bond acceptors (Lipinski definition) is 4. The van der Waals surface area contributed by atoms with Crippen molar-refractivity contribution in [3.05, 3.63) is 98.0 Å². The molecule has 0 fully saturated rings. The molecule has 2 aromatic heterocycles. The lowest BCUT2D eigenvalue weighted by molar-refractivity contribution is -0.137. The highest BCUT2D eigenvalue weighted by Crippen LogP contribution is 2.32. The largest absolute Gasteiger partial charge is 0.416 e. The molecule has 0 aliphatic heterocycles. The molecule has 4 aromatic rings. The van der Waals surface area contributed by atoms with Crippen LogP contribution in [0.15, 0.2) is 65.5 Å². The smallest absolute Gasteiger partial charge is 0.298 e. The molecule has 188 valence electrons. The van der Waals surface area contributed by atoms with E-state index in [1.807, 2.05) is 0 Å². The minimum Gasteiger partial charge on any atom is -0.298 e. The summed E-state index contributed by atoms with van der Waals surface area (Å²) in [6, 6.07) is 14.1. The summed E-state index contributed by atoms with van der Waals surface area (Å²) in [5.74, 6) is -1.14. The van der Waals surface area contributed by atoms with Gasteiger partial charge in [0.15, 0.2) is 11.6 Å². The Labute approximate surface area is 212 Å². The molecule has 11 heteroatoms. The molecular formula is C25H20ClF4N3O2S. The highest BCUT2D eigenvalue weighted by atomic mass is 35.5. The quantitative estimate of drug-likeness (QED) is 0.245. The number of rotatable bonds is 8. The van der Waals surface area contributed by atoms with Crippen molar-refractivity contribution in [3.8, 4) is 10.7 Å². The van der Waals surface area contributed by atoms with Gasteiger partial charge in [0.2, 0.25) is 0 Å². The molecule has 0 saturated carbocycles. The van der Waals surface area contributed by atoms with Crippen LogP contribution >= 0.6 is 22.9 Å². The van der Waals surface area contributed by atoms with Crippen molar-refractivity contribution < 1.29 is 22.4 Å². The molecule has 0 spiro atoms. The fourth-order valence-corrected chi connectivity index (χ4v) is 4.85. The molecule has 2 aromatic carbocycles. The molecule has 4 rings (SSSR count). The number of ketones is 1. The number of aromatic nitrogens is 3. The number of benzene rings is 2. The first-order chi connectivity index (χ1) is 17.0. The van der Waals surface area contributed by atoms with Gasteiger partial charge in [-0.25, -0.2) is 13.9 Å². The van der Waals surface area contributed by atoms with Crippen LogP contribution in [0.5, 0.6) is 0 Å². The van der Waals surface area contributed by atoms with Gasteiger partial charge in [0.1, 0.15) is 12.4 Å². The Morgan fingerprint density at radius 1 is 1.11 bits per heavy atom. The fraction of sp³-hybridized carbons (Fsp3) is 0.240. The molecule has 0 amide bonds. The molecule has 0 aliphatic carbocycles. The summed E-state index contributed by atoms with van der Waals surface area (Å²) in [6.45, 7) is 1.16. The van der Waals surface area contributed by atoms with E-state index in [1.165, 1.54) is 40.2 Å². The van der Waals surface area contributed by atoms with E-state index in [0.717, 1.165) is 16.8 Å². The summed E-state index contributed by atoms with van der Waals surface area (Å²) in [4.78, 5) is 26.5. The Kier molecular flexibility index (Phi) is 7.46. The monoisotopic (exact) mass is 537 g/mol. The van der Waals surface area contributed by atoms with Gasteiger partial charge in [-0.3, -0.25) is 9.36 Å². The van der Waals surface area contributed by atoms with Crippen LogP contribution in [0.25, 0.3) is 10.7 Å². The van der Waals surface area contributed by atoms with Crippen LogP contribution in [-0.2, 0) is 24.1 Å². The molecule has 1 unspecified atom stereocenters. The van der Waals surface area contributed by atoms with Gasteiger partial charge in [-0.1, -0.05) is 54.9 Å². The second kappa shape index (κ2) is 10.4. The molecule has 0 aliphatic rings. The van der Waals surface area contributed by atoms with Crippen molar-refractivity contribution in [2.45, 2.75) is 38.5 Å². The van der Waals surface area contributed by atoms with Crippen LogP contribution in [-0.4, -0.2) is 20.1 Å². The third kappa shape index (κ3) is 5.76. The number of nitrogens with zero attached hydrogens (tertiary/aromatic N) is 3. The number of carbonyl (C=O) groups is 1. The second-order valence-electron chi connectivity index (χ2n) is 8.31. The lowest BCUT2D eigenvalue weighted by Gasteiger charge is -2.14. The Bertz CT molecular complexity index is 1460. The summed E-state index contributed by atoms with van der Waals surface area (Å²) >= 11 is 7.23. The van der Waals surface area contributed by atoms with Gasteiger partial charge in [-0.2, -0.15) is 13.2 Å². The molecule has 2 heterocycles. The Morgan fingerprint density at radius 3 is 2.53 bits per heavy atom. The number of thiophene rings is 1. The molecule has 0 radical (unpaired) electrons. The van der Waals surface area contributed by atoms with Crippen LogP contribution in [0.2, 0.25) is 4.34 Å². The van der Waals surface area contributed by atoms with E-state index in [-0.39, 0.29) is 36.7 Å². The molecule has 0 saturated heterocycles. The summed E-state index contributed by atoms with van der Waals surface area (Å²) in [6.07, 6.45) is -4.58. The van der Waals surface area contributed by atoms with Crippen molar-refractivity contribution in [1.82, 2.24) is 14.3 Å². The maximum Gasteiger partial charge on any atom is 0.416 e. The first-order valence-electron chi connectivity index (χ1n) is 10.9. The van der Waals surface area contributed by atoms with Crippen LogP contribution in [0.3, 0.4) is 0 Å². The maximum atomic E-state index is 14.3. The summed E-state index contributed by atoms with van der Waals surface area (Å²) in [7, 11) is 0. The molecule has 1 atom stereocenters. The number of alkyl halides is 3. The maximum absolute atomic E-state index is 14.3. The summed E-state index contributed by atoms with van der Waals surface area (Å²) < 4.78 is 56.1. The first-order valence-corrected chi connectivity index (χ1v) is 12.1. The van der Waals surface area contributed by atoms with Crippen LogP contribution in [0, 0.1) is 5.82 Å². The van der Waals surface area contributed by atoms with Gasteiger partial charge in [0.05, 0.1) is 21.3 Å².